The molecule has 8 heteroatoms. The summed E-state index contributed by atoms with van der Waals surface area (Å²) in [4.78, 5) is 35.8. The summed E-state index contributed by atoms with van der Waals surface area (Å²) in [6.45, 7) is 1.83. The Bertz CT molecular complexity index is 732. The van der Waals surface area contributed by atoms with E-state index in [2.05, 4.69) is 15.3 Å². The predicted octanol–water partition coefficient (Wildman–Crippen LogP) is 2.12. The number of rotatable bonds is 2. The van der Waals surface area contributed by atoms with Gasteiger partial charge in [-0.15, -0.1) is 0 Å². The first-order chi connectivity index (χ1) is 11.6. The second-order valence-electron chi connectivity index (χ2n) is 5.31. The van der Waals surface area contributed by atoms with Gasteiger partial charge in [0.2, 0.25) is 0 Å². The van der Waals surface area contributed by atoms with E-state index >= 15 is 0 Å². The van der Waals surface area contributed by atoms with Gasteiger partial charge >= 0.3 is 6.03 Å². The third-order valence-electron chi connectivity index (χ3n) is 3.71. The molecule has 2 heterocycles. The van der Waals surface area contributed by atoms with Gasteiger partial charge in [0.05, 0.1) is 6.20 Å². The quantitative estimate of drug-likeness (QED) is 0.904. The molecule has 0 saturated carbocycles. The molecule has 1 aliphatic heterocycles. The number of piperazine rings is 1. The molecule has 7 nitrogen and oxygen atoms in total. The zero-order chi connectivity index (χ0) is 16.9. The molecule has 3 amide bonds. The standard InChI is InChI=1S/C16H16ClN5O2/c17-12-2-1-3-13(10-12)20-16(24)22-8-6-21(7-9-22)15(23)14-11-18-4-5-19-14/h1-5,10-11H,6-9H2,(H,20,24). The lowest BCUT2D eigenvalue weighted by molar-refractivity contribution is 0.0665. The van der Waals surface area contributed by atoms with Crippen molar-refractivity contribution < 1.29 is 9.59 Å². The van der Waals surface area contributed by atoms with Gasteiger partial charge < -0.3 is 15.1 Å². The Kier molecular flexibility index (Phi) is 4.90. The second-order valence-corrected chi connectivity index (χ2v) is 5.75. The second kappa shape index (κ2) is 7.27. The molecule has 24 heavy (non-hydrogen) atoms. The summed E-state index contributed by atoms with van der Waals surface area (Å²) >= 11 is 5.91. The smallest absolute Gasteiger partial charge is 0.321 e. The van der Waals surface area contributed by atoms with Crippen LogP contribution in [-0.2, 0) is 0 Å². The number of halogens is 1. The van der Waals surface area contributed by atoms with Gasteiger partial charge in [0.1, 0.15) is 5.69 Å². The average molecular weight is 346 g/mol. The molecule has 0 bridgehead atoms. The molecule has 3 rings (SSSR count). The van der Waals surface area contributed by atoms with Crippen LogP contribution in [0.2, 0.25) is 5.02 Å². The van der Waals surface area contributed by atoms with Gasteiger partial charge in [0.15, 0.2) is 0 Å². The van der Waals surface area contributed by atoms with Crippen LogP contribution in [0, 0.1) is 0 Å². The SMILES string of the molecule is O=C(Nc1cccc(Cl)c1)N1CCN(C(=O)c2cnccn2)CC1. The highest BCUT2D eigenvalue weighted by atomic mass is 35.5. The number of hydrogen-bond donors (Lipinski definition) is 1. The number of nitrogens with one attached hydrogen (secondary N) is 1. The number of amides is 3. The monoisotopic (exact) mass is 345 g/mol. The van der Waals surface area contributed by atoms with Crippen LogP contribution in [0.1, 0.15) is 10.5 Å². The Morgan fingerprint density at radius 1 is 1.08 bits per heavy atom. The van der Waals surface area contributed by atoms with Crippen molar-refractivity contribution in [1.29, 1.82) is 0 Å². The molecule has 1 aliphatic rings. The molecule has 0 atom stereocenters. The summed E-state index contributed by atoms with van der Waals surface area (Å²) in [5.41, 5.74) is 0.958. The lowest BCUT2D eigenvalue weighted by Gasteiger charge is -2.34. The van der Waals surface area contributed by atoms with Crippen molar-refractivity contribution in [1.82, 2.24) is 19.8 Å². The third-order valence-corrected chi connectivity index (χ3v) is 3.95. The maximum absolute atomic E-state index is 12.3. The minimum absolute atomic E-state index is 0.169. The van der Waals surface area contributed by atoms with Gasteiger partial charge in [0.25, 0.3) is 5.91 Å². The number of hydrogen-bond acceptors (Lipinski definition) is 4. The number of benzene rings is 1. The van der Waals surface area contributed by atoms with E-state index in [9.17, 15) is 9.59 Å². The van der Waals surface area contributed by atoms with Gasteiger partial charge in [-0.05, 0) is 18.2 Å². The number of nitrogens with zero attached hydrogens (tertiary/aromatic N) is 4. The van der Waals surface area contributed by atoms with Crippen molar-refractivity contribution in [3.05, 3.63) is 53.6 Å². The largest absolute Gasteiger partial charge is 0.334 e. The van der Waals surface area contributed by atoms with E-state index in [1.165, 1.54) is 18.6 Å². The highest BCUT2D eigenvalue weighted by molar-refractivity contribution is 6.30. The molecule has 1 saturated heterocycles. The van der Waals surface area contributed by atoms with Gasteiger partial charge in [-0.3, -0.25) is 9.78 Å². The Morgan fingerprint density at radius 2 is 1.83 bits per heavy atom. The molecule has 124 valence electrons. The highest BCUT2D eigenvalue weighted by Crippen LogP contribution is 2.16. The fourth-order valence-corrected chi connectivity index (χ4v) is 2.64. The zero-order valence-electron chi connectivity index (χ0n) is 12.9. The van der Waals surface area contributed by atoms with Crippen molar-refractivity contribution in [2.24, 2.45) is 0 Å². The first-order valence-electron chi connectivity index (χ1n) is 7.50. The van der Waals surface area contributed by atoms with Gasteiger partial charge in [-0.1, -0.05) is 17.7 Å². The van der Waals surface area contributed by atoms with Crippen LogP contribution in [0.5, 0.6) is 0 Å². The minimum atomic E-state index is -0.205. The van der Waals surface area contributed by atoms with Crippen LogP contribution in [0.3, 0.4) is 0 Å². The number of urea groups is 1. The molecule has 2 aromatic rings. The Balaban J connectivity index is 1.55. The first-order valence-corrected chi connectivity index (χ1v) is 7.88. The van der Waals surface area contributed by atoms with Gasteiger partial charge in [-0.25, -0.2) is 9.78 Å². The Morgan fingerprint density at radius 3 is 2.50 bits per heavy atom. The highest BCUT2D eigenvalue weighted by Gasteiger charge is 2.25. The van der Waals surface area contributed by atoms with Crippen molar-refractivity contribution in [2.45, 2.75) is 0 Å². The maximum atomic E-state index is 12.3. The van der Waals surface area contributed by atoms with Gasteiger partial charge in [0, 0.05) is 49.3 Å². The van der Waals surface area contributed by atoms with E-state index in [-0.39, 0.29) is 11.9 Å². The number of carbonyl (C=O) groups excluding carboxylic acids is 2. The summed E-state index contributed by atoms with van der Waals surface area (Å²) in [6.07, 6.45) is 4.46. The maximum Gasteiger partial charge on any atom is 0.321 e. The molecule has 1 fully saturated rings. The molecular formula is C16H16ClN5O2. The lowest BCUT2D eigenvalue weighted by Crippen LogP contribution is -2.51. The van der Waals surface area contributed by atoms with E-state index in [1.807, 2.05) is 0 Å². The van der Waals surface area contributed by atoms with E-state index in [0.717, 1.165) is 0 Å². The molecule has 0 unspecified atom stereocenters. The van der Waals surface area contributed by atoms with Crippen LogP contribution < -0.4 is 5.32 Å². The van der Waals surface area contributed by atoms with Crippen LogP contribution in [0.15, 0.2) is 42.9 Å². The van der Waals surface area contributed by atoms with E-state index in [1.54, 1.807) is 34.1 Å². The van der Waals surface area contributed by atoms with E-state index < -0.39 is 0 Å². The fourth-order valence-electron chi connectivity index (χ4n) is 2.45. The zero-order valence-corrected chi connectivity index (χ0v) is 13.6. The van der Waals surface area contributed by atoms with E-state index in [4.69, 9.17) is 11.6 Å². The normalized spacial score (nSPS) is 14.4. The van der Waals surface area contributed by atoms with Crippen LogP contribution in [0.25, 0.3) is 0 Å². The molecule has 0 spiro atoms. The molecule has 1 aromatic heterocycles. The van der Waals surface area contributed by atoms with Gasteiger partial charge in [-0.2, -0.15) is 0 Å². The summed E-state index contributed by atoms with van der Waals surface area (Å²) in [7, 11) is 0. The predicted molar refractivity (Wildman–Crippen MR) is 90.0 cm³/mol. The summed E-state index contributed by atoms with van der Waals surface area (Å²) in [6, 6.07) is 6.78. The molecule has 1 N–H and O–H groups in total. The van der Waals surface area contributed by atoms with Crippen molar-refractivity contribution in [2.75, 3.05) is 31.5 Å². The van der Waals surface area contributed by atoms with Crippen LogP contribution in [0.4, 0.5) is 10.5 Å². The first kappa shape index (κ1) is 16.2. The van der Waals surface area contributed by atoms with Crippen LogP contribution >= 0.6 is 11.6 Å². The number of anilines is 1. The summed E-state index contributed by atoms with van der Waals surface area (Å²) in [5, 5.41) is 3.37. The number of aromatic nitrogens is 2. The Hall–Kier alpha value is -2.67. The summed E-state index contributed by atoms with van der Waals surface area (Å²) < 4.78 is 0. The minimum Gasteiger partial charge on any atom is -0.334 e. The molecule has 1 aromatic carbocycles. The van der Waals surface area contributed by atoms with E-state index in [0.29, 0.717) is 42.6 Å². The topological polar surface area (TPSA) is 78.4 Å². The fraction of sp³-hybridized carbons (Fsp3) is 0.250. The average Bonchev–Trinajstić information content (AvgIpc) is 2.62. The lowest BCUT2D eigenvalue weighted by atomic mass is 10.3. The number of carbonyl (C=O) groups is 2. The molecule has 0 radical (unpaired) electrons. The van der Waals surface area contributed by atoms with Crippen molar-refractivity contribution in [3.8, 4) is 0 Å². The third kappa shape index (κ3) is 3.80. The molecular weight excluding hydrogens is 330 g/mol. The van der Waals surface area contributed by atoms with Crippen molar-refractivity contribution >= 4 is 29.2 Å². The molecule has 0 aliphatic carbocycles. The van der Waals surface area contributed by atoms with Crippen molar-refractivity contribution in [3.63, 3.8) is 0 Å². The van der Waals surface area contributed by atoms with Crippen LogP contribution in [-0.4, -0.2) is 57.9 Å². The summed E-state index contributed by atoms with van der Waals surface area (Å²) in [5.74, 6) is -0.169. The Labute approximate surface area is 144 Å².